The number of hydrogen-bond donors (Lipinski definition) is 2. The summed E-state index contributed by atoms with van der Waals surface area (Å²) in [6.07, 6.45) is 0. The van der Waals surface area contributed by atoms with Crippen LogP contribution in [0.15, 0.2) is 54.6 Å². The Balaban J connectivity index is 1.97. The largest absolute Gasteiger partial charge is 0.331 e. The summed E-state index contributed by atoms with van der Waals surface area (Å²) in [5.74, 6) is 0.443. The highest BCUT2D eigenvalue weighted by atomic mass is 16.2. The van der Waals surface area contributed by atoms with E-state index in [0.717, 1.165) is 11.3 Å². The first-order chi connectivity index (χ1) is 10.1. The van der Waals surface area contributed by atoms with E-state index in [1.807, 2.05) is 55.5 Å². The molecule has 0 saturated carbocycles. The Morgan fingerprint density at radius 1 is 0.905 bits per heavy atom. The summed E-state index contributed by atoms with van der Waals surface area (Å²) in [7, 11) is 0. The Morgan fingerprint density at radius 3 is 2.24 bits per heavy atom. The van der Waals surface area contributed by atoms with Gasteiger partial charge in [0.1, 0.15) is 0 Å². The smallest absolute Gasteiger partial charge is 0.319 e. The summed E-state index contributed by atoms with van der Waals surface area (Å²) in [6, 6.07) is 17.6. The van der Waals surface area contributed by atoms with Crippen molar-refractivity contribution in [1.82, 2.24) is 5.32 Å². The van der Waals surface area contributed by atoms with Gasteiger partial charge in [-0.1, -0.05) is 56.3 Å². The average molecular weight is 282 g/mol. The number of carbonyl (C=O) groups is 1. The highest BCUT2D eigenvalue weighted by Crippen LogP contribution is 2.18. The summed E-state index contributed by atoms with van der Waals surface area (Å²) in [5, 5.41) is 5.83. The second-order valence-electron chi connectivity index (χ2n) is 5.51. The molecule has 2 N–H and O–H groups in total. The van der Waals surface area contributed by atoms with Crippen molar-refractivity contribution in [3.63, 3.8) is 0 Å². The summed E-state index contributed by atoms with van der Waals surface area (Å²) in [5.41, 5.74) is 3.12. The highest BCUT2D eigenvalue weighted by Gasteiger charge is 2.09. The molecule has 2 aromatic rings. The number of amides is 2. The molecule has 3 heteroatoms. The van der Waals surface area contributed by atoms with Crippen LogP contribution in [0.5, 0.6) is 0 Å². The molecule has 2 aromatic carbocycles. The normalized spacial score (nSPS) is 12.0. The lowest BCUT2D eigenvalue weighted by atomic mass is 10.0. The SMILES string of the molecule is CC(C)c1cccc(NC(=O)N[C@@H](C)c2ccccc2)c1. The first-order valence-electron chi connectivity index (χ1n) is 7.28. The number of rotatable bonds is 4. The molecule has 0 spiro atoms. The van der Waals surface area contributed by atoms with Crippen molar-refractivity contribution in [3.05, 3.63) is 65.7 Å². The summed E-state index contributed by atoms with van der Waals surface area (Å²) >= 11 is 0. The van der Waals surface area contributed by atoms with Gasteiger partial charge >= 0.3 is 6.03 Å². The molecule has 0 aliphatic carbocycles. The Kier molecular flexibility index (Phi) is 4.99. The second kappa shape index (κ2) is 6.93. The van der Waals surface area contributed by atoms with Crippen LogP contribution in [-0.4, -0.2) is 6.03 Å². The van der Waals surface area contributed by atoms with E-state index in [-0.39, 0.29) is 12.1 Å². The number of nitrogens with one attached hydrogen (secondary N) is 2. The van der Waals surface area contributed by atoms with Crippen molar-refractivity contribution in [2.75, 3.05) is 5.32 Å². The van der Waals surface area contributed by atoms with Gasteiger partial charge in [-0.3, -0.25) is 0 Å². The lowest BCUT2D eigenvalue weighted by Gasteiger charge is -2.15. The average Bonchev–Trinajstić information content (AvgIpc) is 2.48. The van der Waals surface area contributed by atoms with Crippen LogP contribution in [0.1, 0.15) is 43.9 Å². The summed E-state index contributed by atoms with van der Waals surface area (Å²) < 4.78 is 0. The molecule has 1 atom stereocenters. The predicted molar refractivity (Wildman–Crippen MR) is 87.5 cm³/mol. The van der Waals surface area contributed by atoms with Crippen LogP contribution < -0.4 is 10.6 Å². The maximum Gasteiger partial charge on any atom is 0.319 e. The molecule has 2 amide bonds. The van der Waals surface area contributed by atoms with Gasteiger partial charge in [0.2, 0.25) is 0 Å². The zero-order valence-electron chi connectivity index (χ0n) is 12.8. The van der Waals surface area contributed by atoms with E-state index in [2.05, 4.69) is 30.5 Å². The number of anilines is 1. The first kappa shape index (κ1) is 15.1. The van der Waals surface area contributed by atoms with Gasteiger partial charge in [0.25, 0.3) is 0 Å². The van der Waals surface area contributed by atoms with E-state index < -0.39 is 0 Å². The molecule has 110 valence electrons. The molecule has 0 aliphatic heterocycles. The van der Waals surface area contributed by atoms with Crippen LogP contribution in [0, 0.1) is 0 Å². The third-order valence-corrected chi connectivity index (χ3v) is 3.46. The van der Waals surface area contributed by atoms with Crippen LogP contribution in [0.3, 0.4) is 0 Å². The lowest BCUT2D eigenvalue weighted by Crippen LogP contribution is -2.31. The fraction of sp³-hybridized carbons (Fsp3) is 0.278. The van der Waals surface area contributed by atoms with Gasteiger partial charge in [-0.15, -0.1) is 0 Å². The zero-order valence-corrected chi connectivity index (χ0v) is 12.8. The molecule has 0 aromatic heterocycles. The predicted octanol–water partition coefficient (Wildman–Crippen LogP) is 4.69. The molecule has 0 bridgehead atoms. The molecule has 0 fully saturated rings. The van der Waals surface area contributed by atoms with Gasteiger partial charge in [-0.25, -0.2) is 4.79 Å². The molecule has 0 saturated heterocycles. The lowest BCUT2D eigenvalue weighted by molar-refractivity contribution is 0.249. The van der Waals surface area contributed by atoms with Crippen molar-refractivity contribution in [3.8, 4) is 0 Å². The zero-order chi connectivity index (χ0) is 15.2. The number of carbonyl (C=O) groups excluding carboxylic acids is 1. The van der Waals surface area contributed by atoms with Crippen LogP contribution in [0.4, 0.5) is 10.5 Å². The van der Waals surface area contributed by atoms with E-state index >= 15 is 0 Å². The highest BCUT2D eigenvalue weighted by molar-refractivity contribution is 5.89. The fourth-order valence-electron chi connectivity index (χ4n) is 2.16. The maximum absolute atomic E-state index is 12.1. The standard InChI is InChI=1S/C18H22N2O/c1-13(2)16-10-7-11-17(12-16)20-18(21)19-14(3)15-8-5-4-6-9-15/h4-14H,1-3H3,(H2,19,20,21)/t14-/m0/s1. The van der Waals surface area contributed by atoms with E-state index in [1.165, 1.54) is 5.56 Å². The number of hydrogen-bond acceptors (Lipinski definition) is 1. The molecule has 0 unspecified atom stereocenters. The van der Waals surface area contributed by atoms with Gasteiger partial charge in [-0.2, -0.15) is 0 Å². The Labute approximate surface area is 126 Å². The Bertz CT molecular complexity index is 593. The quantitative estimate of drug-likeness (QED) is 0.839. The van der Waals surface area contributed by atoms with Gasteiger partial charge in [0, 0.05) is 5.69 Å². The molecule has 0 heterocycles. The monoisotopic (exact) mass is 282 g/mol. The van der Waals surface area contributed by atoms with Crippen LogP contribution in [-0.2, 0) is 0 Å². The van der Waals surface area contributed by atoms with Crippen LogP contribution in [0.2, 0.25) is 0 Å². The van der Waals surface area contributed by atoms with E-state index in [4.69, 9.17) is 0 Å². The van der Waals surface area contributed by atoms with Crippen molar-refractivity contribution in [2.45, 2.75) is 32.7 Å². The van der Waals surface area contributed by atoms with Gasteiger partial charge in [0.15, 0.2) is 0 Å². The molecule has 3 nitrogen and oxygen atoms in total. The van der Waals surface area contributed by atoms with Crippen molar-refractivity contribution in [1.29, 1.82) is 0 Å². The minimum atomic E-state index is -0.188. The van der Waals surface area contributed by atoms with Crippen LogP contribution in [0.25, 0.3) is 0 Å². The summed E-state index contributed by atoms with van der Waals surface area (Å²) in [4.78, 5) is 12.1. The Morgan fingerprint density at radius 2 is 1.57 bits per heavy atom. The number of benzene rings is 2. The van der Waals surface area contributed by atoms with Gasteiger partial charge < -0.3 is 10.6 Å². The second-order valence-corrected chi connectivity index (χ2v) is 5.51. The molecule has 2 rings (SSSR count). The number of urea groups is 1. The van der Waals surface area contributed by atoms with E-state index in [1.54, 1.807) is 0 Å². The van der Waals surface area contributed by atoms with E-state index in [9.17, 15) is 4.79 Å². The first-order valence-corrected chi connectivity index (χ1v) is 7.28. The van der Waals surface area contributed by atoms with Crippen molar-refractivity contribution < 1.29 is 4.79 Å². The topological polar surface area (TPSA) is 41.1 Å². The van der Waals surface area contributed by atoms with Crippen molar-refractivity contribution in [2.24, 2.45) is 0 Å². The van der Waals surface area contributed by atoms with E-state index in [0.29, 0.717) is 5.92 Å². The minimum absolute atomic E-state index is 0.0283. The maximum atomic E-state index is 12.1. The van der Waals surface area contributed by atoms with Gasteiger partial charge in [0.05, 0.1) is 6.04 Å². The third kappa shape index (κ3) is 4.35. The summed E-state index contributed by atoms with van der Waals surface area (Å²) in [6.45, 7) is 6.24. The fourth-order valence-corrected chi connectivity index (χ4v) is 2.16. The van der Waals surface area contributed by atoms with Crippen molar-refractivity contribution >= 4 is 11.7 Å². The molecule has 21 heavy (non-hydrogen) atoms. The molecular weight excluding hydrogens is 260 g/mol. The molecule has 0 aliphatic rings. The molecular formula is C18H22N2O. The third-order valence-electron chi connectivity index (χ3n) is 3.46. The molecule has 0 radical (unpaired) electrons. The van der Waals surface area contributed by atoms with Crippen LogP contribution >= 0.6 is 0 Å². The Hall–Kier alpha value is -2.29. The minimum Gasteiger partial charge on any atom is -0.331 e. The van der Waals surface area contributed by atoms with Gasteiger partial charge in [-0.05, 0) is 36.1 Å².